The highest BCUT2D eigenvalue weighted by Crippen LogP contribution is 2.25. The minimum Gasteiger partial charge on any atom is -0.349 e. The molecule has 0 saturated carbocycles. The van der Waals surface area contributed by atoms with E-state index in [4.69, 9.17) is 0 Å². The maximum atomic E-state index is 11.8. The molecule has 1 heterocycles. The molecule has 1 aromatic heterocycles. The highest BCUT2D eigenvalue weighted by atomic mass is 32.2. The second kappa shape index (κ2) is 9.53. The first-order chi connectivity index (χ1) is 11.2. The van der Waals surface area contributed by atoms with Crippen LogP contribution in [0.2, 0.25) is 0 Å². The Balaban J connectivity index is 2.30. The fraction of sp³-hybridized carbons (Fsp3) is 0.533. The number of thioether (sulfide) groups is 1. The minimum atomic E-state index is -0.496. The molecular formula is C15H22N4O3S2. The quantitative estimate of drug-likeness (QED) is 0.393. The Morgan fingerprint density at radius 2 is 1.88 bits per heavy atom. The van der Waals surface area contributed by atoms with Gasteiger partial charge in [0.2, 0.25) is 16.9 Å². The second-order valence-electron chi connectivity index (χ2n) is 5.97. The molecule has 0 atom stereocenters. The van der Waals surface area contributed by atoms with Gasteiger partial charge in [-0.05, 0) is 0 Å². The van der Waals surface area contributed by atoms with Crippen molar-refractivity contribution in [3.63, 3.8) is 0 Å². The Morgan fingerprint density at radius 1 is 1.21 bits per heavy atom. The van der Waals surface area contributed by atoms with Crippen LogP contribution in [0.25, 0.3) is 0 Å². The van der Waals surface area contributed by atoms with Gasteiger partial charge in [-0.15, -0.1) is 16.8 Å². The molecule has 0 radical (unpaired) electrons. The molecule has 0 unspecified atom stereocenters. The molecule has 0 aliphatic rings. The molecule has 0 spiro atoms. The van der Waals surface area contributed by atoms with Crippen molar-refractivity contribution in [1.29, 1.82) is 0 Å². The number of ketones is 1. The van der Waals surface area contributed by atoms with E-state index in [-0.39, 0.29) is 37.0 Å². The van der Waals surface area contributed by atoms with E-state index in [1.807, 2.05) is 0 Å². The summed E-state index contributed by atoms with van der Waals surface area (Å²) in [5.74, 6) is 0.0143. The van der Waals surface area contributed by atoms with Crippen molar-refractivity contribution in [3.05, 3.63) is 12.7 Å². The number of carbonyl (C=O) groups excluding carboxylic acids is 3. The van der Waals surface area contributed by atoms with E-state index in [0.717, 1.165) is 10.1 Å². The Kier molecular flexibility index (Phi) is 8.06. The molecule has 0 aromatic carbocycles. The van der Waals surface area contributed by atoms with Crippen LogP contribution in [0.3, 0.4) is 0 Å². The van der Waals surface area contributed by atoms with Crippen LogP contribution in [0.4, 0.5) is 5.13 Å². The maximum absolute atomic E-state index is 11.8. The van der Waals surface area contributed by atoms with Crippen molar-refractivity contribution in [1.82, 2.24) is 15.5 Å². The van der Waals surface area contributed by atoms with Crippen LogP contribution >= 0.6 is 23.1 Å². The number of amides is 2. The van der Waals surface area contributed by atoms with E-state index < -0.39 is 5.41 Å². The van der Waals surface area contributed by atoms with Crippen LogP contribution < -0.4 is 10.6 Å². The zero-order chi connectivity index (χ0) is 18.2. The largest absolute Gasteiger partial charge is 0.349 e. The molecule has 0 bridgehead atoms. The zero-order valence-corrected chi connectivity index (χ0v) is 15.7. The Hall–Kier alpha value is -1.74. The molecule has 132 valence electrons. The lowest BCUT2D eigenvalue weighted by atomic mass is 9.91. The number of carbonyl (C=O) groups is 3. The van der Waals surface area contributed by atoms with Gasteiger partial charge in [-0.25, -0.2) is 0 Å². The molecule has 2 N–H and O–H groups in total. The number of hydrogen-bond acceptors (Lipinski definition) is 7. The molecule has 0 aliphatic heterocycles. The van der Waals surface area contributed by atoms with Crippen LogP contribution in [-0.2, 0) is 14.4 Å². The number of anilines is 1. The second-order valence-corrected chi connectivity index (χ2v) is 8.22. The van der Waals surface area contributed by atoms with Gasteiger partial charge in [0.15, 0.2) is 10.1 Å². The van der Waals surface area contributed by atoms with Crippen LogP contribution in [-0.4, -0.2) is 40.1 Å². The summed E-state index contributed by atoms with van der Waals surface area (Å²) in [6, 6.07) is 0. The van der Waals surface area contributed by atoms with Gasteiger partial charge in [0.1, 0.15) is 0 Å². The predicted molar refractivity (Wildman–Crippen MR) is 96.2 cm³/mol. The standard InChI is InChI=1S/C15H22N4O3S2/c1-5-8-23-14-19-18-13(24-14)17-12(22)7-6-11(21)16-9-10(20)15(2,3)4/h5H,1,6-9H2,2-4H3,(H,16,21)(H,17,18,22). The van der Waals surface area contributed by atoms with Crippen molar-refractivity contribution in [2.75, 3.05) is 17.6 Å². The molecule has 0 saturated heterocycles. The van der Waals surface area contributed by atoms with Crippen LogP contribution in [0.1, 0.15) is 33.6 Å². The number of nitrogens with zero attached hydrogens (tertiary/aromatic N) is 2. The number of hydrogen-bond donors (Lipinski definition) is 2. The normalized spacial score (nSPS) is 11.0. The molecule has 0 aliphatic carbocycles. The lowest BCUT2D eigenvalue weighted by Gasteiger charge is -2.16. The van der Waals surface area contributed by atoms with E-state index in [0.29, 0.717) is 5.13 Å². The fourth-order valence-electron chi connectivity index (χ4n) is 1.39. The number of aromatic nitrogens is 2. The zero-order valence-electron chi connectivity index (χ0n) is 14.0. The van der Waals surface area contributed by atoms with Crippen molar-refractivity contribution >= 4 is 45.8 Å². The van der Waals surface area contributed by atoms with Crippen molar-refractivity contribution in [3.8, 4) is 0 Å². The van der Waals surface area contributed by atoms with E-state index >= 15 is 0 Å². The van der Waals surface area contributed by atoms with Gasteiger partial charge in [-0.1, -0.05) is 49.9 Å². The highest BCUT2D eigenvalue weighted by Gasteiger charge is 2.21. The Labute approximate surface area is 149 Å². The summed E-state index contributed by atoms with van der Waals surface area (Å²) in [6.07, 6.45) is 1.79. The third-order valence-corrected chi connectivity index (χ3v) is 4.81. The molecule has 1 rings (SSSR count). The van der Waals surface area contributed by atoms with Crippen molar-refractivity contribution < 1.29 is 14.4 Å². The summed E-state index contributed by atoms with van der Waals surface area (Å²) < 4.78 is 0.739. The maximum Gasteiger partial charge on any atom is 0.226 e. The third-order valence-electron chi connectivity index (χ3n) is 2.84. The van der Waals surface area contributed by atoms with Crippen LogP contribution in [0, 0.1) is 5.41 Å². The summed E-state index contributed by atoms with van der Waals surface area (Å²) in [4.78, 5) is 35.2. The number of rotatable bonds is 9. The first kappa shape index (κ1) is 20.3. The molecule has 0 fully saturated rings. The lowest BCUT2D eigenvalue weighted by molar-refractivity contribution is -0.129. The number of Topliss-reactive ketones (excluding diaryl/α,β-unsaturated/α-hetero) is 1. The average molecular weight is 371 g/mol. The van der Waals surface area contributed by atoms with Gasteiger partial charge in [0.25, 0.3) is 0 Å². The van der Waals surface area contributed by atoms with E-state index in [2.05, 4.69) is 27.4 Å². The molecule has 7 nitrogen and oxygen atoms in total. The van der Waals surface area contributed by atoms with Gasteiger partial charge in [0.05, 0.1) is 6.54 Å². The summed E-state index contributed by atoms with van der Waals surface area (Å²) >= 11 is 2.75. The molecule has 2 amide bonds. The van der Waals surface area contributed by atoms with Gasteiger partial charge < -0.3 is 10.6 Å². The molecule has 1 aromatic rings. The fourth-order valence-corrected chi connectivity index (χ4v) is 2.92. The summed E-state index contributed by atoms with van der Waals surface area (Å²) in [5.41, 5.74) is -0.496. The third kappa shape index (κ3) is 7.69. The van der Waals surface area contributed by atoms with Crippen molar-refractivity contribution in [2.45, 2.75) is 38.0 Å². The first-order valence-electron chi connectivity index (χ1n) is 7.39. The molecule has 24 heavy (non-hydrogen) atoms. The Morgan fingerprint density at radius 3 is 2.50 bits per heavy atom. The minimum absolute atomic E-state index is 0.0140. The van der Waals surface area contributed by atoms with Gasteiger partial charge >= 0.3 is 0 Å². The van der Waals surface area contributed by atoms with Gasteiger partial charge in [-0.3, -0.25) is 14.4 Å². The SMILES string of the molecule is C=CCSc1nnc(NC(=O)CCC(=O)NCC(=O)C(C)(C)C)s1. The average Bonchev–Trinajstić information content (AvgIpc) is 2.94. The smallest absolute Gasteiger partial charge is 0.226 e. The van der Waals surface area contributed by atoms with Gasteiger partial charge in [0, 0.05) is 24.0 Å². The Bertz CT molecular complexity index is 608. The van der Waals surface area contributed by atoms with E-state index in [9.17, 15) is 14.4 Å². The van der Waals surface area contributed by atoms with Crippen LogP contribution in [0.5, 0.6) is 0 Å². The van der Waals surface area contributed by atoms with Gasteiger partial charge in [-0.2, -0.15) is 0 Å². The first-order valence-corrected chi connectivity index (χ1v) is 9.19. The summed E-state index contributed by atoms with van der Waals surface area (Å²) in [6.45, 7) is 8.97. The van der Waals surface area contributed by atoms with Crippen molar-refractivity contribution in [2.24, 2.45) is 5.41 Å². The monoisotopic (exact) mass is 370 g/mol. The van der Waals surface area contributed by atoms with E-state index in [1.165, 1.54) is 23.1 Å². The topological polar surface area (TPSA) is 101 Å². The van der Waals surface area contributed by atoms with E-state index in [1.54, 1.807) is 26.8 Å². The summed E-state index contributed by atoms with van der Waals surface area (Å²) in [7, 11) is 0. The summed E-state index contributed by atoms with van der Waals surface area (Å²) in [5, 5.41) is 13.3. The highest BCUT2D eigenvalue weighted by molar-refractivity contribution is 8.01. The molecular weight excluding hydrogens is 348 g/mol. The molecule has 9 heteroatoms. The lowest BCUT2D eigenvalue weighted by Crippen LogP contribution is -2.35. The predicted octanol–water partition coefficient (Wildman–Crippen LogP) is 2.27. The van der Waals surface area contributed by atoms with Crippen LogP contribution in [0.15, 0.2) is 17.0 Å². The number of nitrogens with one attached hydrogen (secondary N) is 2.